The van der Waals surface area contributed by atoms with Crippen molar-refractivity contribution in [3.63, 3.8) is 0 Å². The van der Waals surface area contributed by atoms with Crippen molar-refractivity contribution in [2.24, 2.45) is 5.92 Å². The zero-order chi connectivity index (χ0) is 15.0. The predicted molar refractivity (Wildman–Crippen MR) is 68.4 cm³/mol. The number of rotatable bonds is 8. The summed E-state index contributed by atoms with van der Waals surface area (Å²) < 4.78 is 5.20. The van der Waals surface area contributed by atoms with Crippen LogP contribution in [0.4, 0.5) is 4.79 Å². The topological polar surface area (TPSA) is 125 Å². The third-order valence-electron chi connectivity index (χ3n) is 3.11. The number of hydrogen-bond donors (Lipinski definition) is 4. The molecule has 0 aromatic heterocycles. The minimum absolute atomic E-state index is 0.144. The molecule has 2 amide bonds. The molecule has 1 heterocycles. The molecule has 114 valence electrons. The van der Waals surface area contributed by atoms with E-state index < -0.39 is 24.0 Å². The molecule has 1 aliphatic rings. The Labute approximate surface area is 116 Å². The van der Waals surface area contributed by atoms with Crippen LogP contribution in [0.2, 0.25) is 0 Å². The summed E-state index contributed by atoms with van der Waals surface area (Å²) in [5, 5.41) is 22.2. The largest absolute Gasteiger partial charge is 0.481 e. The summed E-state index contributed by atoms with van der Waals surface area (Å²) in [6.07, 6.45) is 1.30. The SMILES string of the molecule is O=C(O)CCC(NC(=O)NCCC1CCOC1)C(=O)O. The van der Waals surface area contributed by atoms with Gasteiger partial charge in [-0.2, -0.15) is 0 Å². The van der Waals surface area contributed by atoms with Gasteiger partial charge in [-0.15, -0.1) is 0 Å². The van der Waals surface area contributed by atoms with Crippen LogP contribution < -0.4 is 10.6 Å². The third kappa shape index (κ3) is 6.37. The van der Waals surface area contributed by atoms with Gasteiger partial charge < -0.3 is 25.6 Å². The number of urea groups is 1. The number of amides is 2. The Morgan fingerprint density at radius 3 is 2.60 bits per heavy atom. The summed E-state index contributed by atoms with van der Waals surface area (Å²) >= 11 is 0. The van der Waals surface area contributed by atoms with Gasteiger partial charge in [-0.3, -0.25) is 4.79 Å². The number of carbonyl (C=O) groups excluding carboxylic acids is 1. The van der Waals surface area contributed by atoms with Crippen molar-refractivity contribution < 1.29 is 29.3 Å². The number of carboxylic acid groups (broad SMARTS) is 2. The van der Waals surface area contributed by atoms with Gasteiger partial charge in [0, 0.05) is 26.2 Å². The van der Waals surface area contributed by atoms with Gasteiger partial charge in [0.25, 0.3) is 0 Å². The lowest BCUT2D eigenvalue weighted by Crippen LogP contribution is -2.46. The molecule has 0 bridgehead atoms. The smallest absolute Gasteiger partial charge is 0.326 e. The first-order chi connectivity index (χ1) is 9.49. The van der Waals surface area contributed by atoms with Gasteiger partial charge in [0.15, 0.2) is 0 Å². The monoisotopic (exact) mass is 288 g/mol. The molecule has 20 heavy (non-hydrogen) atoms. The van der Waals surface area contributed by atoms with E-state index in [2.05, 4.69) is 10.6 Å². The molecule has 1 aliphatic heterocycles. The molecule has 1 saturated heterocycles. The average molecular weight is 288 g/mol. The van der Waals surface area contributed by atoms with Crippen LogP contribution in [-0.2, 0) is 14.3 Å². The zero-order valence-corrected chi connectivity index (χ0v) is 11.1. The van der Waals surface area contributed by atoms with Crippen molar-refractivity contribution >= 4 is 18.0 Å². The van der Waals surface area contributed by atoms with Crippen LogP contribution in [0.1, 0.15) is 25.7 Å². The highest BCUT2D eigenvalue weighted by Gasteiger charge is 2.21. The molecule has 2 unspecified atom stereocenters. The van der Waals surface area contributed by atoms with Gasteiger partial charge in [0.2, 0.25) is 0 Å². The predicted octanol–water partition coefficient (Wildman–Crippen LogP) is 0.0302. The minimum atomic E-state index is -1.24. The van der Waals surface area contributed by atoms with E-state index in [1.807, 2.05) is 0 Å². The molecule has 1 fully saturated rings. The van der Waals surface area contributed by atoms with E-state index in [4.69, 9.17) is 14.9 Å². The second-order valence-corrected chi connectivity index (χ2v) is 4.74. The van der Waals surface area contributed by atoms with Crippen molar-refractivity contribution in [3.05, 3.63) is 0 Å². The fourth-order valence-electron chi connectivity index (χ4n) is 1.94. The Balaban J connectivity index is 2.22. The maximum absolute atomic E-state index is 11.5. The van der Waals surface area contributed by atoms with Gasteiger partial charge in [-0.1, -0.05) is 0 Å². The highest BCUT2D eigenvalue weighted by atomic mass is 16.5. The zero-order valence-electron chi connectivity index (χ0n) is 11.1. The van der Waals surface area contributed by atoms with E-state index in [9.17, 15) is 14.4 Å². The quantitative estimate of drug-likeness (QED) is 0.499. The number of carboxylic acids is 2. The summed E-state index contributed by atoms with van der Waals surface area (Å²) in [7, 11) is 0. The van der Waals surface area contributed by atoms with E-state index in [-0.39, 0.29) is 12.8 Å². The molecule has 8 heteroatoms. The lowest BCUT2D eigenvalue weighted by Gasteiger charge is -2.15. The first kappa shape index (κ1) is 16.2. The first-order valence-electron chi connectivity index (χ1n) is 6.55. The normalized spacial score (nSPS) is 19.3. The van der Waals surface area contributed by atoms with Crippen LogP contribution in [0.15, 0.2) is 0 Å². The highest BCUT2D eigenvalue weighted by molar-refractivity contribution is 5.82. The lowest BCUT2D eigenvalue weighted by atomic mass is 10.1. The summed E-state index contributed by atoms with van der Waals surface area (Å²) in [4.78, 5) is 32.8. The van der Waals surface area contributed by atoms with E-state index in [0.29, 0.717) is 19.1 Å². The standard InChI is InChI=1S/C12H20N2O6/c15-10(16)2-1-9(11(17)18)14-12(19)13-5-3-8-4-6-20-7-8/h8-9H,1-7H2,(H,15,16)(H,17,18)(H2,13,14,19). The van der Waals surface area contributed by atoms with E-state index in [1.165, 1.54) is 0 Å². The van der Waals surface area contributed by atoms with Crippen LogP contribution in [0.25, 0.3) is 0 Å². The summed E-state index contributed by atoms with van der Waals surface area (Å²) in [5.41, 5.74) is 0. The maximum Gasteiger partial charge on any atom is 0.326 e. The third-order valence-corrected chi connectivity index (χ3v) is 3.11. The van der Waals surface area contributed by atoms with Crippen molar-refractivity contribution in [2.75, 3.05) is 19.8 Å². The van der Waals surface area contributed by atoms with Gasteiger partial charge in [0.05, 0.1) is 0 Å². The van der Waals surface area contributed by atoms with Crippen molar-refractivity contribution in [1.82, 2.24) is 10.6 Å². The lowest BCUT2D eigenvalue weighted by molar-refractivity contribution is -0.140. The molecule has 1 rings (SSSR count). The fraction of sp³-hybridized carbons (Fsp3) is 0.750. The second kappa shape index (κ2) is 8.36. The van der Waals surface area contributed by atoms with Gasteiger partial charge in [0.1, 0.15) is 6.04 Å². The Kier molecular flexibility index (Phi) is 6.78. The molecule has 0 saturated carbocycles. The van der Waals surface area contributed by atoms with E-state index in [1.54, 1.807) is 0 Å². The van der Waals surface area contributed by atoms with Gasteiger partial charge in [-0.05, 0) is 25.2 Å². The van der Waals surface area contributed by atoms with Crippen LogP contribution in [0.5, 0.6) is 0 Å². The Morgan fingerprint density at radius 2 is 2.05 bits per heavy atom. The molecular formula is C12H20N2O6. The molecule has 4 N–H and O–H groups in total. The molecule has 0 aliphatic carbocycles. The second-order valence-electron chi connectivity index (χ2n) is 4.74. The van der Waals surface area contributed by atoms with E-state index in [0.717, 1.165) is 19.4 Å². The molecule has 0 aromatic carbocycles. The van der Waals surface area contributed by atoms with E-state index >= 15 is 0 Å². The molecule has 0 spiro atoms. The van der Waals surface area contributed by atoms with Crippen molar-refractivity contribution in [2.45, 2.75) is 31.7 Å². The van der Waals surface area contributed by atoms with Gasteiger partial charge >= 0.3 is 18.0 Å². The van der Waals surface area contributed by atoms with Crippen molar-refractivity contribution in [3.8, 4) is 0 Å². The number of nitrogens with one attached hydrogen (secondary N) is 2. The minimum Gasteiger partial charge on any atom is -0.481 e. The maximum atomic E-state index is 11.5. The number of aliphatic carboxylic acids is 2. The Hall–Kier alpha value is -1.83. The van der Waals surface area contributed by atoms with Crippen LogP contribution >= 0.6 is 0 Å². The van der Waals surface area contributed by atoms with Crippen LogP contribution in [-0.4, -0.2) is 54.0 Å². The molecule has 2 atom stereocenters. The molecule has 8 nitrogen and oxygen atoms in total. The van der Waals surface area contributed by atoms with Crippen LogP contribution in [0.3, 0.4) is 0 Å². The average Bonchev–Trinajstić information content (AvgIpc) is 2.87. The van der Waals surface area contributed by atoms with Gasteiger partial charge in [-0.25, -0.2) is 9.59 Å². The summed E-state index contributed by atoms with van der Waals surface area (Å²) in [5.74, 6) is -1.91. The number of hydrogen-bond acceptors (Lipinski definition) is 4. The Bertz CT molecular complexity index is 354. The fourth-order valence-corrected chi connectivity index (χ4v) is 1.94. The molecule has 0 radical (unpaired) electrons. The number of carbonyl (C=O) groups is 3. The van der Waals surface area contributed by atoms with Crippen molar-refractivity contribution in [1.29, 1.82) is 0 Å². The first-order valence-corrected chi connectivity index (χ1v) is 6.55. The Morgan fingerprint density at radius 1 is 1.30 bits per heavy atom. The number of ether oxygens (including phenoxy) is 1. The highest BCUT2D eigenvalue weighted by Crippen LogP contribution is 2.15. The summed E-state index contributed by atoms with van der Waals surface area (Å²) in [6.45, 7) is 1.87. The van der Waals surface area contributed by atoms with Crippen LogP contribution in [0, 0.1) is 5.92 Å². The molecule has 0 aromatic rings. The summed E-state index contributed by atoms with van der Waals surface area (Å²) in [6, 6.07) is -1.79. The molecular weight excluding hydrogens is 268 g/mol.